The lowest BCUT2D eigenvalue weighted by molar-refractivity contribution is -0.385. The first-order valence-corrected chi connectivity index (χ1v) is 6.78. The van der Waals surface area contributed by atoms with Crippen LogP contribution in [0.3, 0.4) is 0 Å². The second kappa shape index (κ2) is 6.12. The number of nitrogens with two attached hydrogens (primary N) is 1. The number of nitro benzene ring substituents is 1. The monoisotopic (exact) mass is 263 g/mol. The SMILES string of the molecule is CC(N)C1CCCN(Cc2ccccc2[N+](=O)[O-])C1. The van der Waals surface area contributed by atoms with Crippen LogP contribution >= 0.6 is 0 Å². The van der Waals surface area contributed by atoms with Crippen molar-refractivity contribution in [2.24, 2.45) is 11.7 Å². The molecule has 19 heavy (non-hydrogen) atoms. The summed E-state index contributed by atoms with van der Waals surface area (Å²) in [4.78, 5) is 13.0. The van der Waals surface area contributed by atoms with E-state index in [-0.39, 0.29) is 16.7 Å². The van der Waals surface area contributed by atoms with Gasteiger partial charge < -0.3 is 5.73 Å². The molecule has 2 unspecified atom stereocenters. The summed E-state index contributed by atoms with van der Waals surface area (Å²) in [5, 5.41) is 11.0. The third kappa shape index (κ3) is 3.52. The summed E-state index contributed by atoms with van der Waals surface area (Å²) in [6.45, 7) is 4.61. The van der Waals surface area contributed by atoms with Crippen molar-refractivity contribution in [3.63, 3.8) is 0 Å². The molecule has 0 aromatic heterocycles. The molecule has 0 aliphatic carbocycles. The van der Waals surface area contributed by atoms with Gasteiger partial charge in [0.15, 0.2) is 0 Å². The zero-order chi connectivity index (χ0) is 13.8. The number of piperidine rings is 1. The molecule has 1 aliphatic rings. The molecule has 0 amide bonds. The first-order valence-electron chi connectivity index (χ1n) is 6.78. The Kier molecular flexibility index (Phi) is 4.50. The summed E-state index contributed by atoms with van der Waals surface area (Å²) in [5.41, 5.74) is 6.97. The van der Waals surface area contributed by atoms with Crippen molar-refractivity contribution in [3.8, 4) is 0 Å². The highest BCUT2D eigenvalue weighted by Gasteiger charge is 2.24. The Labute approximate surface area is 113 Å². The second-order valence-corrected chi connectivity index (χ2v) is 5.38. The number of nitro groups is 1. The van der Waals surface area contributed by atoms with Crippen LogP contribution in [0.25, 0.3) is 0 Å². The summed E-state index contributed by atoms with van der Waals surface area (Å²) < 4.78 is 0. The van der Waals surface area contributed by atoms with Crippen molar-refractivity contribution in [2.45, 2.75) is 32.4 Å². The van der Waals surface area contributed by atoms with E-state index >= 15 is 0 Å². The Balaban J connectivity index is 2.07. The topological polar surface area (TPSA) is 72.4 Å². The minimum absolute atomic E-state index is 0.188. The highest BCUT2D eigenvalue weighted by Crippen LogP contribution is 2.24. The molecule has 0 radical (unpaired) electrons. The van der Waals surface area contributed by atoms with Gasteiger partial charge in [-0.1, -0.05) is 18.2 Å². The summed E-state index contributed by atoms with van der Waals surface area (Å²) in [6.07, 6.45) is 2.28. The Bertz CT molecular complexity index is 448. The van der Waals surface area contributed by atoms with Crippen molar-refractivity contribution in [3.05, 3.63) is 39.9 Å². The van der Waals surface area contributed by atoms with Gasteiger partial charge in [-0.2, -0.15) is 0 Å². The molecular formula is C14H21N3O2. The number of hydrogen-bond acceptors (Lipinski definition) is 4. The van der Waals surface area contributed by atoms with Crippen LogP contribution in [0, 0.1) is 16.0 Å². The number of rotatable bonds is 4. The van der Waals surface area contributed by atoms with Gasteiger partial charge in [-0.3, -0.25) is 15.0 Å². The fourth-order valence-electron chi connectivity index (χ4n) is 2.73. The molecule has 1 aromatic carbocycles. The van der Waals surface area contributed by atoms with Crippen LogP contribution < -0.4 is 5.73 Å². The number of likely N-dealkylation sites (tertiary alicyclic amines) is 1. The van der Waals surface area contributed by atoms with E-state index in [4.69, 9.17) is 5.73 Å². The highest BCUT2D eigenvalue weighted by molar-refractivity contribution is 5.39. The van der Waals surface area contributed by atoms with Gasteiger partial charge in [0.25, 0.3) is 5.69 Å². The zero-order valence-corrected chi connectivity index (χ0v) is 11.3. The van der Waals surface area contributed by atoms with E-state index in [9.17, 15) is 10.1 Å². The van der Waals surface area contributed by atoms with E-state index in [1.807, 2.05) is 19.1 Å². The zero-order valence-electron chi connectivity index (χ0n) is 11.3. The molecule has 0 saturated carbocycles. The molecule has 2 N–H and O–H groups in total. The first-order chi connectivity index (χ1) is 9.08. The van der Waals surface area contributed by atoms with Gasteiger partial charge >= 0.3 is 0 Å². The molecule has 0 spiro atoms. The van der Waals surface area contributed by atoms with Gasteiger partial charge in [0.05, 0.1) is 4.92 Å². The minimum atomic E-state index is -0.303. The molecule has 2 atom stereocenters. The van der Waals surface area contributed by atoms with E-state index in [2.05, 4.69) is 4.90 Å². The minimum Gasteiger partial charge on any atom is -0.328 e. The predicted molar refractivity (Wildman–Crippen MR) is 74.7 cm³/mol. The van der Waals surface area contributed by atoms with Crippen molar-refractivity contribution in [1.82, 2.24) is 4.90 Å². The van der Waals surface area contributed by atoms with E-state index in [0.717, 1.165) is 31.5 Å². The maximum atomic E-state index is 11.0. The predicted octanol–water partition coefficient (Wildman–Crippen LogP) is 2.15. The van der Waals surface area contributed by atoms with Crippen molar-refractivity contribution in [2.75, 3.05) is 13.1 Å². The van der Waals surface area contributed by atoms with Gasteiger partial charge in [0.2, 0.25) is 0 Å². The van der Waals surface area contributed by atoms with E-state index < -0.39 is 0 Å². The van der Waals surface area contributed by atoms with E-state index in [1.54, 1.807) is 12.1 Å². The summed E-state index contributed by atoms with van der Waals surface area (Å²) >= 11 is 0. The summed E-state index contributed by atoms with van der Waals surface area (Å²) in [7, 11) is 0. The standard InChI is InChI=1S/C14H21N3O2/c1-11(15)12-6-4-8-16(9-12)10-13-5-2-3-7-14(13)17(18)19/h2-3,5,7,11-12H,4,6,8-10,15H2,1H3. The van der Waals surface area contributed by atoms with E-state index in [1.165, 1.54) is 0 Å². The van der Waals surface area contributed by atoms with Crippen LogP contribution in [0.4, 0.5) is 5.69 Å². The number of benzene rings is 1. The van der Waals surface area contributed by atoms with Crippen molar-refractivity contribution in [1.29, 1.82) is 0 Å². The number of hydrogen-bond donors (Lipinski definition) is 1. The molecule has 1 heterocycles. The first kappa shape index (κ1) is 14.0. The molecule has 2 rings (SSSR count). The van der Waals surface area contributed by atoms with Crippen LogP contribution in [-0.2, 0) is 6.54 Å². The third-order valence-corrected chi connectivity index (χ3v) is 3.87. The van der Waals surface area contributed by atoms with Crippen LogP contribution in [0.15, 0.2) is 24.3 Å². The van der Waals surface area contributed by atoms with Crippen molar-refractivity contribution < 1.29 is 4.92 Å². The van der Waals surface area contributed by atoms with Gasteiger partial charge in [-0.15, -0.1) is 0 Å². The number of para-hydroxylation sites is 1. The summed E-state index contributed by atoms with van der Waals surface area (Å²) in [5.74, 6) is 0.497. The lowest BCUT2D eigenvalue weighted by atomic mass is 9.92. The average molecular weight is 263 g/mol. The molecule has 1 aliphatic heterocycles. The van der Waals surface area contributed by atoms with Gasteiger partial charge in [0, 0.05) is 30.8 Å². The average Bonchev–Trinajstić information content (AvgIpc) is 2.39. The maximum Gasteiger partial charge on any atom is 0.273 e. The van der Waals surface area contributed by atoms with Gasteiger partial charge in [-0.25, -0.2) is 0 Å². The smallest absolute Gasteiger partial charge is 0.273 e. The molecule has 5 heteroatoms. The fourth-order valence-corrected chi connectivity index (χ4v) is 2.73. The third-order valence-electron chi connectivity index (χ3n) is 3.87. The van der Waals surface area contributed by atoms with Crippen LogP contribution in [-0.4, -0.2) is 29.0 Å². The number of nitrogens with zero attached hydrogens (tertiary/aromatic N) is 2. The molecule has 1 saturated heterocycles. The van der Waals surface area contributed by atoms with Crippen LogP contribution in [0.5, 0.6) is 0 Å². The molecule has 5 nitrogen and oxygen atoms in total. The molecule has 1 aromatic rings. The molecule has 0 bridgehead atoms. The fraction of sp³-hybridized carbons (Fsp3) is 0.571. The Morgan fingerprint density at radius 2 is 2.26 bits per heavy atom. The normalized spacial score (nSPS) is 22.1. The lowest BCUT2D eigenvalue weighted by Crippen LogP contribution is -2.41. The van der Waals surface area contributed by atoms with Gasteiger partial charge in [0.1, 0.15) is 0 Å². The Morgan fingerprint density at radius 3 is 2.95 bits per heavy atom. The van der Waals surface area contributed by atoms with E-state index in [0.29, 0.717) is 12.5 Å². The summed E-state index contributed by atoms with van der Waals surface area (Å²) in [6, 6.07) is 7.17. The van der Waals surface area contributed by atoms with Crippen molar-refractivity contribution >= 4 is 5.69 Å². The highest BCUT2D eigenvalue weighted by atomic mass is 16.6. The maximum absolute atomic E-state index is 11.0. The molecule has 1 fully saturated rings. The molecule has 104 valence electrons. The largest absolute Gasteiger partial charge is 0.328 e. The lowest BCUT2D eigenvalue weighted by Gasteiger charge is -2.34. The van der Waals surface area contributed by atoms with Gasteiger partial charge in [-0.05, 0) is 32.2 Å². The second-order valence-electron chi connectivity index (χ2n) is 5.38. The Morgan fingerprint density at radius 1 is 1.53 bits per heavy atom. The molecular weight excluding hydrogens is 242 g/mol. The van der Waals surface area contributed by atoms with Crippen LogP contribution in [0.1, 0.15) is 25.3 Å². The quantitative estimate of drug-likeness (QED) is 0.667. The van der Waals surface area contributed by atoms with Crippen LogP contribution in [0.2, 0.25) is 0 Å². The Hall–Kier alpha value is -1.46.